The van der Waals surface area contributed by atoms with Gasteiger partial charge in [-0.3, -0.25) is 4.79 Å². The number of carbonyl (C=O) groups is 1. The van der Waals surface area contributed by atoms with Crippen LogP contribution in [0.3, 0.4) is 0 Å². The largest absolute Gasteiger partial charge is 0.495 e. The average molecular weight is 415 g/mol. The van der Waals surface area contributed by atoms with Gasteiger partial charge in [-0.1, -0.05) is 24.3 Å². The van der Waals surface area contributed by atoms with E-state index in [1.54, 1.807) is 54.6 Å². The van der Waals surface area contributed by atoms with Crippen molar-refractivity contribution >= 4 is 22.6 Å². The molecule has 4 rings (SSSR count). The Morgan fingerprint density at radius 2 is 1.77 bits per heavy atom. The molecule has 1 aromatic heterocycles. The van der Waals surface area contributed by atoms with Gasteiger partial charge in [0, 0.05) is 10.9 Å². The second-order valence-corrected chi connectivity index (χ2v) is 6.81. The van der Waals surface area contributed by atoms with Crippen molar-refractivity contribution in [1.29, 1.82) is 0 Å². The molecular weight excluding hydrogens is 394 g/mol. The van der Waals surface area contributed by atoms with Gasteiger partial charge in [-0.05, 0) is 61.0 Å². The first-order chi connectivity index (χ1) is 15.1. The van der Waals surface area contributed by atoms with E-state index in [4.69, 9.17) is 13.9 Å². The lowest BCUT2D eigenvalue weighted by Gasteiger charge is -2.12. The molecule has 1 amide bonds. The summed E-state index contributed by atoms with van der Waals surface area (Å²) in [4.78, 5) is 25.3. The van der Waals surface area contributed by atoms with Gasteiger partial charge in [-0.15, -0.1) is 0 Å². The van der Waals surface area contributed by atoms with E-state index >= 15 is 0 Å². The van der Waals surface area contributed by atoms with E-state index in [1.807, 2.05) is 25.1 Å². The lowest BCUT2D eigenvalue weighted by atomic mass is 10.0. The molecule has 0 fully saturated rings. The van der Waals surface area contributed by atoms with Crippen LogP contribution in [0.25, 0.3) is 22.1 Å². The van der Waals surface area contributed by atoms with Gasteiger partial charge in [0.15, 0.2) is 0 Å². The van der Waals surface area contributed by atoms with Crippen molar-refractivity contribution in [3.05, 3.63) is 88.8 Å². The Bertz CT molecular complexity index is 1290. The molecule has 156 valence electrons. The third-order valence-electron chi connectivity index (χ3n) is 4.83. The predicted octanol–water partition coefficient (Wildman–Crippen LogP) is 5.12. The van der Waals surface area contributed by atoms with Crippen LogP contribution < -0.4 is 20.4 Å². The van der Waals surface area contributed by atoms with Crippen molar-refractivity contribution in [1.82, 2.24) is 0 Å². The highest BCUT2D eigenvalue weighted by molar-refractivity contribution is 6.05. The highest BCUT2D eigenvalue weighted by atomic mass is 16.5. The van der Waals surface area contributed by atoms with E-state index in [0.717, 1.165) is 5.39 Å². The number of hydrogen-bond donors (Lipinski definition) is 1. The van der Waals surface area contributed by atoms with Crippen LogP contribution in [0.4, 0.5) is 5.69 Å². The number of carbonyl (C=O) groups excluding carboxylic acids is 1. The fraction of sp³-hybridized carbons (Fsp3) is 0.120. The Morgan fingerprint density at radius 1 is 1.00 bits per heavy atom. The summed E-state index contributed by atoms with van der Waals surface area (Å²) in [7, 11) is 1.52. The van der Waals surface area contributed by atoms with Crippen molar-refractivity contribution in [3.8, 4) is 22.6 Å². The maximum Gasteiger partial charge on any atom is 0.344 e. The predicted molar refractivity (Wildman–Crippen MR) is 120 cm³/mol. The number of methoxy groups -OCH3 is 1. The van der Waals surface area contributed by atoms with E-state index in [1.165, 1.54) is 7.11 Å². The summed E-state index contributed by atoms with van der Waals surface area (Å²) < 4.78 is 16.2. The Balaban J connectivity index is 1.67. The summed E-state index contributed by atoms with van der Waals surface area (Å²) in [6.07, 6.45) is 0. The summed E-state index contributed by atoms with van der Waals surface area (Å²) in [6, 6.07) is 21.1. The minimum absolute atomic E-state index is 0.302. The SMILES string of the molecule is CCOc1ccc(C(=O)Nc2cc(-c3cc4ccccc4oc3=O)ccc2OC)cc1. The lowest BCUT2D eigenvalue weighted by molar-refractivity contribution is 0.102. The summed E-state index contributed by atoms with van der Waals surface area (Å²) in [5.41, 5.74) is 2.01. The third-order valence-corrected chi connectivity index (χ3v) is 4.83. The number of ether oxygens (including phenoxy) is 2. The van der Waals surface area contributed by atoms with Crippen molar-refractivity contribution in [2.45, 2.75) is 6.92 Å². The molecule has 0 atom stereocenters. The molecule has 6 nitrogen and oxygen atoms in total. The topological polar surface area (TPSA) is 77.8 Å². The van der Waals surface area contributed by atoms with E-state index in [-0.39, 0.29) is 5.91 Å². The van der Waals surface area contributed by atoms with Gasteiger partial charge in [0.05, 0.1) is 25.0 Å². The molecular formula is C25H21NO5. The normalized spacial score (nSPS) is 10.6. The van der Waals surface area contributed by atoms with Crippen molar-refractivity contribution in [2.75, 3.05) is 19.0 Å². The molecule has 1 heterocycles. The van der Waals surface area contributed by atoms with Gasteiger partial charge in [0.1, 0.15) is 17.1 Å². The number of nitrogens with one attached hydrogen (secondary N) is 1. The van der Waals surface area contributed by atoms with Crippen LogP contribution in [0.5, 0.6) is 11.5 Å². The summed E-state index contributed by atoms with van der Waals surface area (Å²) in [6.45, 7) is 2.45. The zero-order valence-corrected chi connectivity index (χ0v) is 17.2. The Morgan fingerprint density at radius 3 is 2.52 bits per heavy atom. The number of fused-ring (bicyclic) bond motifs is 1. The lowest BCUT2D eigenvalue weighted by Crippen LogP contribution is -2.13. The molecule has 0 saturated carbocycles. The molecule has 0 saturated heterocycles. The van der Waals surface area contributed by atoms with Crippen LogP contribution in [0, 0.1) is 0 Å². The average Bonchev–Trinajstić information content (AvgIpc) is 2.79. The maximum absolute atomic E-state index is 12.8. The first kappa shape index (κ1) is 20.2. The Kier molecular flexibility index (Phi) is 5.71. The van der Waals surface area contributed by atoms with Crippen molar-refractivity contribution < 1.29 is 18.7 Å². The van der Waals surface area contributed by atoms with E-state index in [2.05, 4.69) is 5.32 Å². The van der Waals surface area contributed by atoms with Crippen molar-refractivity contribution in [2.24, 2.45) is 0 Å². The highest BCUT2D eigenvalue weighted by Crippen LogP contribution is 2.31. The molecule has 4 aromatic rings. The molecule has 0 aliphatic rings. The van der Waals surface area contributed by atoms with Crippen LogP contribution in [-0.2, 0) is 0 Å². The van der Waals surface area contributed by atoms with Crippen LogP contribution in [0.1, 0.15) is 17.3 Å². The number of rotatable bonds is 6. The third kappa shape index (κ3) is 4.28. The number of para-hydroxylation sites is 1. The van der Waals surface area contributed by atoms with E-state index in [9.17, 15) is 9.59 Å². The highest BCUT2D eigenvalue weighted by Gasteiger charge is 2.14. The first-order valence-electron chi connectivity index (χ1n) is 9.84. The minimum Gasteiger partial charge on any atom is -0.495 e. The monoisotopic (exact) mass is 415 g/mol. The maximum atomic E-state index is 12.8. The van der Waals surface area contributed by atoms with Crippen LogP contribution in [0.15, 0.2) is 82.0 Å². The molecule has 0 radical (unpaired) electrons. The van der Waals surface area contributed by atoms with Gasteiger partial charge in [-0.2, -0.15) is 0 Å². The van der Waals surface area contributed by atoms with E-state index in [0.29, 0.717) is 46.1 Å². The van der Waals surface area contributed by atoms with Crippen LogP contribution in [0.2, 0.25) is 0 Å². The Labute approximate surface area is 179 Å². The zero-order valence-electron chi connectivity index (χ0n) is 17.2. The molecule has 6 heteroatoms. The number of hydrogen-bond acceptors (Lipinski definition) is 5. The summed E-state index contributed by atoms with van der Waals surface area (Å²) in [5, 5.41) is 3.67. The molecule has 0 aliphatic carbocycles. The van der Waals surface area contributed by atoms with Gasteiger partial charge in [0.25, 0.3) is 5.91 Å². The molecule has 31 heavy (non-hydrogen) atoms. The summed E-state index contributed by atoms with van der Waals surface area (Å²) >= 11 is 0. The van der Waals surface area contributed by atoms with Gasteiger partial charge in [-0.25, -0.2) is 4.79 Å². The molecule has 3 aromatic carbocycles. The van der Waals surface area contributed by atoms with Crippen LogP contribution in [-0.4, -0.2) is 19.6 Å². The molecule has 0 unspecified atom stereocenters. The molecule has 0 aliphatic heterocycles. The zero-order chi connectivity index (χ0) is 21.8. The van der Waals surface area contributed by atoms with Crippen LogP contribution >= 0.6 is 0 Å². The van der Waals surface area contributed by atoms with Gasteiger partial charge in [0.2, 0.25) is 0 Å². The quantitative estimate of drug-likeness (QED) is 0.442. The second kappa shape index (κ2) is 8.75. The number of benzene rings is 3. The molecule has 0 spiro atoms. The molecule has 1 N–H and O–H groups in total. The Hall–Kier alpha value is -4.06. The number of anilines is 1. The second-order valence-electron chi connectivity index (χ2n) is 6.81. The fourth-order valence-electron chi connectivity index (χ4n) is 3.30. The van der Waals surface area contributed by atoms with Gasteiger partial charge >= 0.3 is 5.63 Å². The van der Waals surface area contributed by atoms with E-state index < -0.39 is 5.63 Å². The number of amides is 1. The minimum atomic E-state index is -0.451. The smallest absolute Gasteiger partial charge is 0.344 e. The summed E-state index contributed by atoms with van der Waals surface area (Å²) in [5.74, 6) is 0.874. The van der Waals surface area contributed by atoms with Gasteiger partial charge < -0.3 is 19.2 Å². The molecule has 0 bridgehead atoms. The fourth-order valence-corrected chi connectivity index (χ4v) is 3.30. The first-order valence-corrected chi connectivity index (χ1v) is 9.84. The van der Waals surface area contributed by atoms with Crippen molar-refractivity contribution in [3.63, 3.8) is 0 Å². The standard InChI is InChI=1S/C25H21NO5/c1-3-30-19-11-8-16(9-12-19)24(27)26-21-15-17(10-13-23(21)29-2)20-14-18-6-4-5-7-22(18)31-25(20)28/h4-15H,3H2,1-2H3,(H,26,27).